The topological polar surface area (TPSA) is 55.6 Å². The molecule has 2 atom stereocenters. The fraction of sp³-hybridized carbons (Fsp3) is 0.556. The summed E-state index contributed by atoms with van der Waals surface area (Å²) in [4.78, 5) is 18.2. The Morgan fingerprint density at radius 2 is 2.04 bits per heavy atom. The van der Waals surface area contributed by atoms with Crippen molar-refractivity contribution in [2.24, 2.45) is 0 Å². The molecule has 1 aromatic heterocycles. The first-order valence-corrected chi connectivity index (χ1v) is 8.39. The molecule has 0 aliphatic carbocycles. The number of halogens is 2. The van der Waals surface area contributed by atoms with Crippen LogP contribution in [-0.2, 0) is 4.74 Å². The quantitative estimate of drug-likeness (QED) is 0.752. The number of aromatic nitrogens is 1. The van der Waals surface area contributed by atoms with Crippen molar-refractivity contribution in [3.63, 3.8) is 0 Å². The van der Waals surface area contributed by atoms with Crippen LogP contribution in [0.1, 0.15) is 52.3 Å². The van der Waals surface area contributed by atoms with Crippen LogP contribution in [0.2, 0.25) is 0 Å². The average Bonchev–Trinajstić information content (AvgIpc) is 2.90. The van der Waals surface area contributed by atoms with Crippen molar-refractivity contribution < 1.29 is 22.7 Å². The zero-order valence-electron chi connectivity index (χ0n) is 14.8. The summed E-state index contributed by atoms with van der Waals surface area (Å²) in [5.74, 6) is -1.32. The molecular formula is C18H22F2N2O3. The molecular weight excluding hydrogens is 330 g/mol. The maximum atomic E-state index is 13.8. The molecule has 1 amide bonds. The minimum Gasteiger partial charge on any atom is -0.444 e. The smallest absolute Gasteiger partial charge is 0.410 e. The van der Waals surface area contributed by atoms with Gasteiger partial charge in [0.15, 0.2) is 17.3 Å². The van der Waals surface area contributed by atoms with Crippen molar-refractivity contribution in [1.29, 1.82) is 0 Å². The Hall–Kier alpha value is -2.18. The van der Waals surface area contributed by atoms with Gasteiger partial charge in [-0.05, 0) is 40.5 Å². The van der Waals surface area contributed by atoms with E-state index < -0.39 is 23.3 Å². The molecule has 0 unspecified atom stereocenters. The minimum absolute atomic E-state index is 0.0128. The number of oxazole rings is 1. The lowest BCUT2D eigenvalue weighted by Gasteiger charge is -2.37. The van der Waals surface area contributed by atoms with Crippen LogP contribution < -0.4 is 0 Å². The maximum absolute atomic E-state index is 13.8. The molecule has 0 N–H and O–H groups in total. The predicted molar refractivity (Wildman–Crippen MR) is 88.3 cm³/mol. The third kappa shape index (κ3) is 3.75. The summed E-state index contributed by atoms with van der Waals surface area (Å²) in [5.41, 5.74) is -0.490. The second-order valence-corrected chi connectivity index (χ2v) is 7.54. The monoisotopic (exact) mass is 352 g/mol. The van der Waals surface area contributed by atoms with Crippen LogP contribution in [0.3, 0.4) is 0 Å². The van der Waals surface area contributed by atoms with Gasteiger partial charge in [0.2, 0.25) is 0 Å². The molecule has 1 aliphatic rings. The van der Waals surface area contributed by atoms with E-state index >= 15 is 0 Å². The van der Waals surface area contributed by atoms with E-state index in [0.29, 0.717) is 12.4 Å². The molecule has 0 bridgehead atoms. The normalized spacial score (nSPS) is 21.6. The molecule has 2 aromatic rings. The highest BCUT2D eigenvalue weighted by Crippen LogP contribution is 2.33. The molecule has 3 rings (SSSR count). The van der Waals surface area contributed by atoms with Crippen LogP contribution in [0.25, 0.3) is 11.1 Å². The first-order chi connectivity index (χ1) is 11.6. The van der Waals surface area contributed by atoms with Gasteiger partial charge < -0.3 is 14.1 Å². The third-order valence-corrected chi connectivity index (χ3v) is 4.29. The Kier molecular flexibility index (Phi) is 4.43. The van der Waals surface area contributed by atoms with Gasteiger partial charge in [-0.1, -0.05) is 0 Å². The SMILES string of the molecule is C[C@@H]1CC[C@@H](c2nc3c(F)cc(F)cc3o2)CN1C(=O)OC(C)(C)C. The largest absolute Gasteiger partial charge is 0.444 e. The van der Waals surface area contributed by atoms with Crippen molar-refractivity contribution in [1.82, 2.24) is 9.88 Å². The lowest BCUT2D eigenvalue weighted by atomic mass is 9.94. The number of ether oxygens (including phenoxy) is 1. The molecule has 25 heavy (non-hydrogen) atoms. The van der Waals surface area contributed by atoms with E-state index in [1.165, 1.54) is 0 Å². The second-order valence-electron chi connectivity index (χ2n) is 7.54. The predicted octanol–water partition coefficient (Wildman–Crippen LogP) is 4.61. The number of amides is 1. The highest BCUT2D eigenvalue weighted by Gasteiger charge is 2.34. The number of likely N-dealkylation sites (tertiary alicyclic amines) is 1. The highest BCUT2D eigenvalue weighted by atomic mass is 19.1. The molecule has 2 heterocycles. The molecule has 1 aromatic carbocycles. The summed E-state index contributed by atoms with van der Waals surface area (Å²) >= 11 is 0. The van der Waals surface area contributed by atoms with E-state index in [2.05, 4.69) is 4.98 Å². The van der Waals surface area contributed by atoms with Crippen LogP contribution in [0.5, 0.6) is 0 Å². The van der Waals surface area contributed by atoms with Gasteiger partial charge in [-0.25, -0.2) is 18.6 Å². The number of nitrogens with zero attached hydrogens (tertiary/aromatic N) is 2. The fourth-order valence-corrected chi connectivity index (χ4v) is 3.03. The molecule has 0 radical (unpaired) electrons. The van der Waals surface area contributed by atoms with Crippen LogP contribution in [0.4, 0.5) is 13.6 Å². The molecule has 1 aliphatic heterocycles. The summed E-state index contributed by atoms with van der Waals surface area (Å²) in [5, 5.41) is 0. The van der Waals surface area contributed by atoms with E-state index in [4.69, 9.17) is 9.15 Å². The molecule has 0 saturated carbocycles. The van der Waals surface area contributed by atoms with Gasteiger partial charge in [-0.2, -0.15) is 0 Å². The van der Waals surface area contributed by atoms with Gasteiger partial charge in [0, 0.05) is 24.7 Å². The number of carbonyl (C=O) groups excluding carboxylic acids is 1. The lowest BCUT2D eigenvalue weighted by molar-refractivity contribution is 0.00876. The van der Waals surface area contributed by atoms with Gasteiger partial charge in [0.25, 0.3) is 0 Å². The molecule has 7 heteroatoms. The summed E-state index contributed by atoms with van der Waals surface area (Å²) in [6.07, 6.45) is 1.11. The number of piperidine rings is 1. The third-order valence-electron chi connectivity index (χ3n) is 4.29. The van der Waals surface area contributed by atoms with E-state index in [9.17, 15) is 13.6 Å². The summed E-state index contributed by atoms with van der Waals surface area (Å²) in [6, 6.07) is 1.93. The Bertz CT molecular complexity index is 797. The summed E-state index contributed by atoms with van der Waals surface area (Å²) in [6.45, 7) is 7.77. The van der Waals surface area contributed by atoms with E-state index in [1.807, 2.05) is 27.7 Å². The fourth-order valence-electron chi connectivity index (χ4n) is 3.03. The van der Waals surface area contributed by atoms with Crippen LogP contribution in [0.15, 0.2) is 16.5 Å². The van der Waals surface area contributed by atoms with Crippen molar-refractivity contribution in [3.8, 4) is 0 Å². The summed E-state index contributed by atoms with van der Waals surface area (Å²) < 4.78 is 38.2. The Morgan fingerprint density at radius 1 is 1.32 bits per heavy atom. The molecule has 1 fully saturated rings. The lowest BCUT2D eigenvalue weighted by Crippen LogP contribution is -2.47. The standard InChI is InChI=1S/C18H22F2N2O3/c1-10-5-6-11(9-22(10)17(23)25-18(2,3)4)16-21-15-13(20)7-12(19)8-14(15)24-16/h7-8,10-11H,5-6,9H2,1-4H3/t10-,11-/m1/s1. The maximum Gasteiger partial charge on any atom is 0.410 e. The number of rotatable bonds is 1. The number of benzene rings is 1. The Labute approximate surface area is 145 Å². The van der Waals surface area contributed by atoms with Gasteiger partial charge in [0.1, 0.15) is 16.9 Å². The Morgan fingerprint density at radius 3 is 2.72 bits per heavy atom. The van der Waals surface area contributed by atoms with Gasteiger partial charge in [0.05, 0.1) is 5.92 Å². The zero-order valence-corrected chi connectivity index (χ0v) is 14.8. The second kappa shape index (κ2) is 6.28. The van der Waals surface area contributed by atoms with Crippen molar-refractivity contribution >= 4 is 17.2 Å². The van der Waals surface area contributed by atoms with Crippen LogP contribution >= 0.6 is 0 Å². The number of hydrogen-bond acceptors (Lipinski definition) is 4. The van der Waals surface area contributed by atoms with E-state index in [-0.39, 0.29) is 23.1 Å². The van der Waals surface area contributed by atoms with Crippen LogP contribution in [-0.4, -0.2) is 34.2 Å². The van der Waals surface area contributed by atoms with Crippen molar-refractivity contribution in [3.05, 3.63) is 29.7 Å². The van der Waals surface area contributed by atoms with E-state index in [0.717, 1.165) is 25.0 Å². The van der Waals surface area contributed by atoms with Crippen LogP contribution in [0, 0.1) is 11.6 Å². The van der Waals surface area contributed by atoms with E-state index in [1.54, 1.807) is 4.90 Å². The average molecular weight is 352 g/mol. The highest BCUT2D eigenvalue weighted by molar-refractivity contribution is 5.73. The molecule has 136 valence electrons. The molecule has 0 spiro atoms. The zero-order chi connectivity index (χ0) is 18.4. The van der Waals surface area contributed by atoms with Gasteiger partial charge in [-0.3, -0.25) is 0 Å². The van der Waals surface area contributed by atoms with Crippen molar-refractivity contribution in [2.45, 2.75) is 58.1 Å². The number of fused-ring (bicyclic) bond motifs is 1. The first kappa shape index (κ1) is 17.6. The van der Waals surface area contributed by atoms with Gasteiger partial charge >= 0.3 is 6.09 Å². The molecule has 1 saturated heterocycles. The first-order valence-electron chi connectivity index (χ1n) is 8.39. The van der Waals surface area contributed by atoms with Crippen molar-refractivity contribution in [2.75, 3.05) is 6.54 Å². The molecule has 5 nitrogen and oxygen atoms in total. The minimum atomic E-state index is -0.752. The summed E-state index contributed by atoms with van der Waals surface area (Å²) in [7, 11) is 0. The number of carbonyl (C=O) groups is 1. The van der Waals surface area contributed by atoms with Gasteiger partial charge in [-0.15, -0.1) is 0 Å². The number of hydrogen-bond donors (Lipinski definition) is 0. The Balaban J connectivity index is 1.83.